The number of thioether (sulfide) groups is 1. The molecule has 0 saturated carbocycles. The second-order valence-electron chi connectivity index (χ2n) is 6.26. The molecule has 0 atom stereocenters. The van der Waals surface area contributed by atoms with Crippen LogP contribution in [0, 0.1) is 17.0 Å². The molecule has 0 aromatic heterocycles. The number of nitrogens with zero attached hydrogens (tertiary/aromatic N) is 2. The summed E-state index contributed by atoms with van der Waals surface area (Å²) < 4.78 is 10.6. The van der Waals surface area contributed by atoms with E-state index in [4.69, 9.17) is 9.47 Å². The fourth-order valence-corrected chi connectivity index (χ4v) is 3.71. The molecule has 1 aliphatic heterocycles. The molecule has 0 spiro atoms. The number of methoxy groups -OCH3 is 2. The molecule has 1 heterocycles. The Morgan fingerprint density at radius 1 is 1.14 bits per heavy atom. The van der Waals surface area contributed by atoms with Crippen LogP contribution in [0.3, 0.4) is 0 Å². The van der Waals surface area contributed by atoms with Gasteiger partial charge in [-0.25, -0.2) is 0 Å². The van der Waals surface area contributed by atoms with Crippen LogP contribution in [0.2, 0.25) is 0 Å². The summed E-state index contributed by atoms with van der Waals surface area (Å²) in [5.41, 5.74) is 1.99. The van der Waals surface area contributed by atoms with Gasteiger partial charge in [0.2, 0.25) is 0 Å². The molecule has 8 nitrogen and oxygen atoms in total. The van der Waals surface area contributed by atoms with Gasteiger partial charge in [-0.05, 0) is 53.6 Å². The third-order valence-electron chi connectivity index (χ3n) is 4.39. The molecule has 9 heteroatoms. The van der Waals surface area contributed by atoms with Crippen molar-refractivity contribution in [2.45, 2.75) is 13.5 Å². The maximum Gasteiger partial charge on any atom is 0.293 e. The quantitative estimate of drug-likeness (QED) is 0.398. The molecule has 2 amide bonds. The normalized spacial score (nSPS) is 15.1. The molecule has 0 aliphatic carbocycles. The van der Waals surface area contributed by atoms with E-state index in [9.17, 15) is 19.7 Å². The Labute approximate surface area is 171 Å². The van der Waals surface area contributed by atoms with Crippen LogP contribution in [0.1, 0.15) is 16.7 Å². The Morgan fingerprint density at radius 3 is 2.48 bits per heavy atom. The van der Waals surface area contributed by atoms with Crippen LogP contribution in [0.4, 0.5) is 10.5 Å². The number of imide groups is 1. The van der Waals surface area contributed by atoms with Crippen LogP contribution >= 0.6 is 11.8 Å². The zero-order valence-corrected chi connectivity index (χ0v) is 16.8. The van der Waals surface area contributed by atoms with Gasteiger partial charge in [-0.15, -0.1) is 0 Å². The van der Waals surface area contributed by atoms with Crippen LogP contribution in [-0.2, 0) is 11.3 Å². The highest BCUT2D eigenvalue weighted by Gasteiger charge is 2.35. The summed E-state index contributed by atoms with van der Waals surface area (Å²) in [4.78, 5) is 36.9. The van der Waals surface area contributed by atoms with Gasteiger partial charge in [-0.3, -0.25) is 24.6 Å². The Hall–Kier alpha value is -3.33. The van der Waals surface area contributed by atoms with E-state index in [1.165, 1.54) is 32.4 Å². The van der Waals surface area contributed by atoms with E-state index in [1.54, 1.807) is 24.3 Å². The maximum atomic E-state index is 12.8. The van der Waals surface area contributed by atoms with Gasteiger partial charge < -0.3 is 9.47 Å². The standard InChI is InChI=1S/C20H18N2O6S/c1-12-7-16(27-2)17(28-3)9-14(12)10-18-19(23)21(20(24)29-18)11-13-5-4-6-15(8-13)22(25)26/h4-10H,11H2,1-3H3/b18-10-. The lowest BCUT2D eigenvalue weighted by Gasteiger charge is -2.12. The van der Waals surface area contributed by atoms with Crippen molar-refractivity contribution in [2.24, 2.45) is 0 Å². The first-order chi connectivity index (χ1) is 13.8. The van der Waals surface area contributed by atoms with Crippen molar-refractivity contribution < 1.29 is 24.0 Å². The van der Waals surface area contributed by atoms with Gasteiger partial charge in [-0.1, -0.05) is 12.1 Å². The third kappa shape index (κ3) is 4.24. The topological polar surface area (TPSA) is 99.0 Å². The van der Waals surface area contributed by atoms with Gasteiger partial charge in [-0.2, -0.15) is 0 Å². The largest absolute Gasteiger partial charge is 0.493 e. The fourth-order valence-electron chi connectivity index (χ4n) is 2.88. The van der Waals surface area contributed by atoms with Gasteiger partial charge in [0, 0.05) is 12.1 Å². The zero-order valence-electron chi connectivity index (χ0n) is 16.0. The highest BCUT2D eigenvalue weighted by Crippen LogP contribution is 2.36. The van der Waals surface area contributed by atoms with E-state index in [0.29, 0.717) is 17.1 Å². The summed E-state index contributed by atoms with van der Waals surface area (Å²) in [6.07, 6.45) is 1.63. The number of carbonyl (C=O) groups excluding carboxylic acids is 2. The van der Waals surface area contributed by atoms with Gasteiger partial charge in [0.05, 0.1) is 30.6 Å². The van der Waals surface area contributed by atoms with Crippen molar-refractivity contribution in [3.05, 3.63) is 68.1 Å². The summed E-state index contributed by atoms with van der Waals surface area (Å²) in [6, 6.07) is 9.40. The third-order valence-corrected chi connectivity index (χ3v) is 5.30. The first kappa shape index (κ1) is 20.4. The minimum Gasteiger partial charge on any atom is -0.493 e. The first-order valence-corrected chi connectivity index (χ1v) is 9.37. The first-order valence-electron chi connectivity index (χ1n) is 8.55. The van der Waals surface area contributed by atoms with Crippen molar-refractivity contribution in [1.29, 1.82) is 0 Å². The SMILES string of the molecule is COc1cc(C)c(/C=C2\SC(=O)N(Cc3cccc([N+](=O)[O-])c3)C2=O)cc1OC. The van der Waals surface area contributed by atoms with Crippen molar-refractivity contribution in [2.75, 3.05) is 14.2 Å². The molecule has 1 aliphatic rings. The minimum absolute atomic E-state index is 0.0331. The Balaban J connectivity index is 1.87. The van der Waals surface area contributed by atoms with E-state index in [-0.39, 0.29) is 17.1 Å². The average molecular weight is 414 g/mol. The second-order valence-corrected chi connectivity index (χ2v) is 7.25. The number of aryl methyl sites for hydroxylation is 1. The van der Waals surface area contributed by atoms with Crippen LogP contribution in [0.5, 0.6) is 11.5 Å². The number of rotatable bonds is 6. The predicted molar refractivity (Wildman–Crippen MR) is 109 cm³/mol. The summed E-state index contributed by atoms with van der Waals surface area (Å²) in [5.74, 6) is 0.641. The molecule has 2 aromatic carbocycles. The molecular formula is C20H18N2O6S. The van der Waals surface area contributed by atoms with Crippen LogP contribution in [0.25, 0.3) is 6.08 Å². The number of hydrogen-bond donors (Lipinski definition) is 0. The number of non-ortho nitro benzene ring substituents is 1. The van der Waals surface area contributed by atoms with E-state index in [0.717, 1.165) is 27.8 Å². The van der Waals surface area contributed by atoms with Gasteiger partial charge in [0.25, 0.3) is 16.8 Å². The van der Waals surface area contributed by atoms with Crippen molar-refractivity contribution in [1.82, 2.24) is 4.90 Å². The molecule has 1 fully saturated rings. The lowest BCUT2D eigenvalue weighted by molar-refractivity contribution is -0.384. The molecule has 2 aromatic rings. The number of ether oxygens (including phenoxy) is 2. The van der Waals surface area contributed by atoms with Crippen LogP contribution in [-0.4, -0.2) is 35.2 Å². The number of benzene rings is 2. The molecule has 0 bridgehead atoms. The van der Waals surface area contributed by atoms with Gasteiger partial charge in [0.15, 0.2) is 11.5 Å². The number of hydrogen-bond acceptors (Lipinski definition) is 7. The Bertz CT molecular complexity index is 1030. The van der Waals surface area contributed by atoms with Crippen LogP contribution < -0.4 is 9.47 Å². The van der Waals surface area contributed by atoms with Gasteiger partial charge >= 0.3 is 0 Å². The number of carbonyl (C=O) groups is 2. The summed E-state index contributed by atoms with van der Waals surface area (Å²) in [7, 11) is 3.06. The molecule has 0 unspecified atom stereocenters. The van der Waals surface area contributed by atoms with E-state index < -0.39 is 16.1 Å². The molecule has 1 saturated heterocycles. The second kappa shape index (κ2) is 8.36. The summed E-state index contributed by atoms with van der Waals surface area (Å²) >= 11 is 0.831. The Kier molecular flexibility index (Phi) is 5.88. The van der Waals surface area contributed by atoms with E-state index in [1.807, 2.05) is 6.92 Å². The highest BCUT2D eigenvalue weighted by atomic mass is 32.2. The summed E-state index contributed by atoms with van der Waals surface area (Å²) in [5, 5.41) is 10.5. The number of nitro benzene ring substituents is 1. The maximum absolute atomic E-state index is 12.8. The smallest absolute Gasteiger partial charge is 0.293 e. The molecule has 0 radical (unpaired) electrons. The van der Waals surface area contributed by atoms with E-state index >= 15 is 0 Å². The molecule has 150 valence electrons. The monoisotopic (exact) mass is 414 g/mol. The van der Waals surface area contributed by atoms with Crippen molar-refractivity contribution >= 4 is 34.7 Å². The van der Waals surface area contributed by atoms with Crippen LogP contribution in [0.15, 0.2) is 41.3 Å². The molecular weight excluding hydrogens is 396 g/mol. The number of nitro groups is 1. The highest BCUT2D eigenvalue weighted by molar-refractivity contribution is 8.18. The van der Waals surface area contributed by atoms with E-state index in [2.05, 4.69) is 0 Å². The zero-order chi connectivity index (χ0) is 21.1. The fraction of sp³-hybridized carbons (Fsp3) is 0.200. The number of amides is 2. The Morgan fingerprint density at radius 2 is 1.83 bits per heavy atom. The molecule has 0 N–H and O–H groups in total. The lowest BCUT2D eigenvalue weighted by atomic mass is 10.1. The molecule has 3 rings (SSSR count). The lowest BCUT2D eigenvalue weighted by Crippen LogP contribution is -2.27. The molecule has 29 heavy (non-hydrogen) atoms. The predicted octanol–water partition coefficient (Wildman–Crippen LogP) is 4.16. The summed E-state index contributed by atoms with van der Waals surface area (Å²) in [6.45, 7) is 1.83. The average Bonchev–Trinajstić information content (AvgIpc) is 2.96. The minimum atomic E-state index is -0.517. The van der Waals surface area contributed by atoms with Crippen molar-refractivity contribution in [3.63, 3.8) is 0 Å². The van der Waals surface area contributed by atoms with Gasteiger partial charge in [0.1, 0.15) is 0 Å². The van der Waals surface area contributed by atoms with Crippen molar-refractivity contribution in [3.8, 4) is 11.5 Å².